The molecule has 19 heavy (non-hydrogen) atoms. The van der Waals surface area contributed by atoms with Crippen molar-refractivity contribution in [2.24, 2.45) is 0 Å². The van der Waals surface area contributed by atoms with E-state index in [-0.39, 0.29) is 11.8 Å². The molecule has 3 N–H and O–H groups in total. The fourth-order valence-electron chi connectivity index (χ4n) is 1.81. The van der Waals surface area contributed by atoms with Gasteiger partial charge in [-0.2, -0.15) is 0 Å². The summed E-state index contributed by atoms with van der Waals surface area (Å²) < 4.78 is 0. The van der Waals surface area contributed by atoms with Crippen molar-refractivity contribution in [1.82, 2.24) is 10.6 Å². The lowest BCUT2D eigenvalue weighted by Gasteiger charge is -2.10. The zero-order valence-electron chi connectivity index (χ0n) is 11.0. The van der Waals surface area contributed by atoms with Crippen LogP contribution in [-0.2, 0) is 4.79 Å². The van der Waals surface area contributed by atoms with Gasteiger partial charge in [0.15, 0.2) is 0 Å². The van der Waals surface area contributed by atoms with Gasteiger partial charge in [0.25, 0.3) is 5.91 Å². The molecule has 0 aliphatic heterocycles. The van der Waals surface area contributed by atoms with E-state index >= 15 is 0 Å². The quantitative estimate of drug-likeness (QED) is 0.719. The Balaban J connectivity index is 1.89. The van der Waals surface area contributed by atoms with E-state index in [0.717, 1.165) is 0 Å². The Morgan fingerprint density at radius 1 is 1.26 bits per heavy atom. The first-order chi connectivity index (χ1) is 9.20. The van der Waals surface area contributed by atoms with Crippen LogP contribution < -0.4 is 16.0 Å². The number of para-hydroxylation sites is 1. The van der Waals surface area contributed by atoms with E-state index in [9.17, 15) is 9.59 Å². The van der Waals surface area contributed by atoms with Crippen LogP contribution >= 0.6 is 0 Å². The molecular weight excluding hydrogens is 242 g/mol. The number of hydrogen-bond donors (Lipinski definition) is 3. The third kappa shape index (κ3) is 4.06. The van der Waals surface area contributed by atoms with Crippen LogP contribution in [-0.4, -0.2) is 31.4 Å². The number of rotatable bonds is 6. The first kappa shape index (κ1) is 13.5. The molecule has 1 aliphatic carbocycles. The fourth-order valence-corrected chi connectivity index (χ4v) is 1.81. The Hall–Kier alpha value is -1.88. The largest absolute Gasteiger partial charge is 0.355 e. The van der Waals surface area contributed by atoms with Crippen molar-refractivity contribution < 1.29 is 9.59 Å². The Morgan fingerprint density at radius 3 is 2.68 bits per heavy atom. The van der Waals surface area contributed by atoms with Crippen LogP contribution in [0.3, 0.4) is 0 Å². The molecule has 0 saturated heterocycles. The number of hydrogen-bond acceptors (Lipinski definition) is 3. The van der Waals surface area contributed by atoms with Crippen molar-refractivity contribution in [1.29, 1.82) is 0 Å². The highest BCUT2D eigenvalue weighted by Gasteiger charge is 2.20. The van der Waals surface area contributed by atoms with Crippen LogP contribution in [0, 0.1) is 0 Å². The van der Waals surface area contributed by atoms with E-state index < -0.39 is 0 Å². The highest BCUT2D eigenvalue weighted by molar-refractivity contribution is 6.03. The minimum atomic E-state index is -0.202. The van der Waals surface area contributed by atoms with Crippen LogP contribution in [0.25, 0.3) is 0 Å². The average Bonchev–Trinajstić information content (AvgIpc) is 3.22. The molecule has 0 unspecified atom stereocenters. The second kappa shape index (κ2) is 6.33. The van der Waals surface area contributed by atoms with Gasteiger partial charge >= 0.3 is 0 Å². The first-order valence-corrected chi connectivity index (χ1v) is 6.55. The molecule has 2 amide bonds. The monoisotopic (exact) mass is 261 g/mol. The van der Waals surface area contributed by atoms with Gasteiger partial charge in [-0.05, 0) is 25.0 Å². The van der Waals surface area contributed by atoms with Crippen molar-refractivity contribution >= 4 is 17.5 Å². The number of amides is 2. The van der Waals surface area contributed by atoms with E-state index in [2.05, 4.69) is 16.0 Å². The Bertz CT molecular complexity index is 470. The second-order valence-corrected chi connectivity index (χ2v) is 4.65. The molecule has 1 aromatic rings. The number of anilines is 1. The van der Waals surface area contributed by atoms with E-state index in [1.165, 1.54) is 12.8 Å². The minimum absolute atomic E-state index is 0.0792. The number of benzene rings is 1. The lowest BCUT2D eigenvalue weighted by Crippen LogP contribution is -2.25. The van der Waals surface area contributed by atoms with E-state index in [4.69, 9.17) is 0 Å². The summed E-state index contributed by atoms with van der Waals surface area (Å²) in [5.41, 5.74) is 1.03. The summed E-state index contributed by atoms with van der Waals surface area (Å²) in [4.78, 5) is 23.4. The molecule has 0 atom stereocenters. The predicted octanol–water partition coefficient (Wildman–Crippen LogP) is 1.13. The minimum Gasteiger partial charge on any atom is -0.355 e. The maximum atomic E-state index is 11.8. The maximum Gasteiger partial charge on any atom is 0.253 e. The SMILES string of the molecule is CNC(=O)c1ccccc1NC(=O)CCNC1CC1. The van der Waals surface area contributed by atoms with E-state index in [1.54, 1.807) is 31.3 Å². The summed E-state index contributed by atoms with van der Waals surface area (Å²) in [6, 6.07) is 7.60. The third-order valence-electron chi connectivity index (χ3n) is 3.04. The average molecular weight is 261 g/mol. The molecule has 0 bridgehead atoms. The zero-order chi connectivity index (χ0) is 13.7. The highest BCUT2D eigenvalue weighted by atomic mass is 16.2. The van der Waals surface area contributed by atoms with Crippen LogP contribution in [0.4, 0.5) is 5.69 Å². The molecule has 5 heteroatoms. The van der Waals surface area contributed by atoms with Crippen LogP contribution in [0.5, 0.6) is 0 Å². The first-order valence-electron chi connectivity index (χ1n) is 6.55. The van der Waals surface area contributed by atoms with Crippen molar-refractivity contribution in [2.75, 3.05) is 18.9 Å². The molecule has 0 heterocycles. The summed E-state index contributed by atoms with van der Waals surface area (Å²) in [6.45, 7) is 0.679. The molecule has 5 nitrogen and oxygen atoms in total. The van der Waals surface area contributed by atoms with Crippen molar-refractivity contribution in [3.63, 3.8) is 0 Å². The van der Waals surface area contributed by atoms with Crippen LogP contribution in [0.15, 0.2) is 24.3 Å². The summed E-state index contributed by atoms with van der Waals surface area (Å²) >= 11 is 0. The Kier molecular flexibility index (Phi) is 4.52. The molecule has 0 radical (unpaired) electrons. The number of nitrogens with one attached hydrogen (secondary N) is 3. The molecule has 0 spiro atoms. The van der Waals surface area contributed by atoms with Gasteiger partial charge in [-0.3, -0.25) is 9.59 Å². The highest BCUT2D eigenvalue weighted by Crippen LogP contribution is 2.18. The molecule has 102 valence electrons. The lowest BCUT2D eigenvalue weighted by molar-refractivity contribution is -0.116. The molecule has 0 aromatic heterocycles. The van der Waals surface area contributed by atoms with Crippen molar-refractivity contribution in [3.05, 3.63) is 29.8 Å². The summed E-state index contributed by atoms with van der Waals surface area (Å²) in [6.07, 6.45) is 2.83. The van der Waals surface area contributed by atoms with E-state index in [1.807, 2.05) is 0 Å². The zero-order valence-corrected chi connectivity index (χ0v) is 11.0. The summed E-state index contributed by atoms with van der Waals surface area (Å²) in [7, 11) is 1.57. The number of carbonyl (C=O) groups excluding carboxylic acids is 2. The second-order valence-electron chi connectivity index (χ2n) is 4.65. The van der Waals surface area contributed by atoms with Crippen LogP contribution in [0.2, 0.25) is 0 Å². The third-order valence-corrected chi connectivity index (χ3v) is 3.04. The summed E-state index contributed by atoms with van der Waals surface area (Å²) in [5.74, 6) is -0.281. The lowest BCUT2D eigenvalue weighted by atomic mass is 10.1. The van der Waals surface area contributed by atoms with Gasteiger partial charge in [-0.1, -0.05) is 12.1 Å². The normalized spacial score (nSPS) is 13.9. The summed E-state index contributed by atoms with van der Waals surface area (Å²) in [5, 5.41) is 8.62. The van der Waals surface area contributed by atoms with Gasteiger partial charge in [-0.15, -0.1) is 0 Å². The number of carbonyl (C=O) groups is 2. The van der Waals surface area contributed by atoms with Gasteiger partial charge in [0.05, 0.1) is 11.3 Å². The standard InChI is InChI=1S/C14H19N3O2/c1-15-14(19)11-4-2-3-5-12(11)17-13(18)8-9-16-10-6-7-10/h2-5,10,16H,6-9H2,1H3,(H,15,19)(H,17,18). The fraction of sp³-hybridized carbons (Fsp3) is 0.429. The maximum absolute atomic E-state index is 11.8. The Labute approximate surface area is 112 Å². The van der Waals surface area contributed by atoms with Gasteiger partial charge in [0, 0.05) is 26.1 Å². The molecular formula is C14H19N3O2. The topological polar surface area (TPSA) is 70.2 Å². The van der Waals surface area contributed by atoms with E-state index in [0.29, 0.717) is 30.3 Å². The van der Waals surface area contributed by atoms with Gasteiger partial charge < -0.3 is 16.0 Å². The van der Waals surface area contributed by atoms with Gasteiger partial charge in [-0.25, -0.2) is 0 Å². The van der Waals surface area contributed by atoms with Crippen molar-refractivity contribution in [3.8, 4) is 0 Å². The molecule has 1 aromatic carbocycles. The van der Waals surface area contributed by atoms with Crippen molar-refractivity contribution in [2.45, 2.75) is 25.3 Å². The smallest absolute Gasteiger partial charge is 0.253 e. The van der Waals surface area contributed by atoms with Crippen LogP contribution in [0.1, 0.15) is 29.6 Å². The Morgan fingerprint density at radius 2 is 2.00 bits per heavy atom. The molecule has 1 aliphatic rings. The molecule has 1 fully saturated rings. The van der Waals surface area contributed by atoms with Gasteiger partial charge in [0.2, 0.25) is 5.91 Å². The van der Waals surface area contributed by atoms with Gasteiger partial charge in [0.1, 0.15) is 0 Å². The molecule has 2 rings (SSSR count). The molecule has 1 saturated carbocycles. The predicted molar refractivity (Wildman–Crippen MR) is 74.1 cm³/mol.